The fraction of sp³-hybridized carbons (Fsp3) is 0.0455. The summed E-state index contributed by atoms with van der Waals surface area (Å²) in [5.41, 5.74) is -4.56. The van der Waals surface area contributed by atoms with Crippen LogP contribution >= 0.6 is 0 Å². The first-order chi connectivity index (χ1) is 59.0. The van der Waals surface area contributed by atoms with Crippen molar-refractivity contribution in [1.29, 1.82) is 0 Å². The minimum atomic E-state index is -1.30. The summed E-state index contributed by atoms with van der Waals surface area (Å²) < 4.78 is 316. The molecule has 0 N–H and O–H groups in total. The van der Waals surface area contributed by atoms with Crippen LogP contribution in [0.5, 0.6) is 0 Å². The molecule has 0 fully saturated rings. The lowest BCUT2D eigenvalue weighted by Crippen LogP contribution is -2.61. The van der Waals surface area contributed by atoms with Crippen molar-refractivity contribution in [2.45, 2.75) is 26.2 Å². The highest BCUT2D eigenvalue weighted by molar-refractivity contribution is 7.00. The summed E-state index contributed by atoms with van der Waals surface area (Å²) >= 11 is 0. The number of hydrogen-bond acceptors (Lipinski definition) is 2. The molecule has 3 nitrogen and oxygen atoms in total. The largest absolute Gasteiger partial charge is 0.310 e. The van der Waals surface area contributed by atoms with E-state index in [-0.39, 0.29) is 83.3 Å². The number of fused-ring (bicyclic) bond motifs is 7. The van der Waals surface area contributed by atoms with Crippen molar-refractivity contribution in [3.63, 3.8) is 0 Å². The topological polar surface area (TPSA) is 11.4 Å². The molecule has 0 radical (unpaired) electrons. The van der Waals surface area contributed by atoms with Gasteiger partial charge in [0, 0.05) is 61.5 Å². The van der Waals surface area contributed by atoms with E-state index >= 15 is 0 Å². The van der Waals surface area contributed by atoms with Crippen molar-refractivity contribution < 1.29 is 45.2 Å². The fourth-order valence-electron chi connectivity index (χ4n) is 13.0. The van der Waals surface area contributed by atoms with E-state index in [1.54, 1.807) is 97.1 Å². The van der Waals surface area contributed by atoms with Crippen LogP contribution in [0.25, 0.3) is 105 Å². The molecule has 2 aliphatic rings. The number of anilines is 6. The molecule has 92 heavy (non-hydrogen) atoms. The molecule has 1 aromatic heterocycles. The first-order valence-electron chi connectivity index (χ1n) is 45.9. The quantitative estimate of drug-likeness (QED) is 0.126. The molecule has 0 spiro atoms. The van der Waals surface area contributed by atoms with E-state index in [0.717, 1.165) is 6.07 Å². The van der Waals surface area contributed by atoms with Crippen molar-refractivity contribution in [2.75, 3.05) is 9.80 Å². The van der Waals surface area contributed by atoms with E-state index in [1.807, 2.05) is 51.1 Å². The zero-order chi connectivity index (χ0) is 90.2. The number of benzene rings is 14. The smallest absolute Gasteiger partial charge is 0.252 e. The van der Waals surface area contributed by atoms with Crippen LogP contribution in [0.15, 0.2) is 333 Å². The van der Waals surface area contributed by atoms with Crippen LogP contribution in [0.3, 0.4) is 0 Å². The van der Waals surface area contributed by atoms with Gasteiger partial charge in [0.2, 0.25) is 0 Å². The SMILES string of the molecule is [2H]c1cc(-c2c([2H])c([2H])c([2H])c(-c3c([2H])c([2H])c([2H])c([2H])c3[2H])c2N2c3cc(-c4cccc(-n5c6c([2H])c([2H])c([2H])c([2H])c6c6c([2H])c([2H])c([2H])c([2H])c65)c4)ccc3B3c4cc(-c5ccccc5)c(C(C)(C)C)cc4N(c4c(-c5c([2H])c([2H])c([2H])c([2H])c5[2H])c([2H])c([2H])c([2H])c4-c4c([2H])c([2H])c([2H])c([2H])c4[2H])c4cc(-c5ccccc5)cc2c43)c([2H])c([2H])c1[2H]. The monoisotopic (exact) mass is 1210 g/mol. The van der Waals surface area contributed by atoms with Gasteiger partial charge in [-0.1, -0.05) is 305 Å². The third-order valence-corrected chi connectivity index (χ3v) is 16.9. The molecule has 0 unspecified atom stereocenters. The van der Waals surface area contributed by atoms with Crippen molar-refractivity contribution in [2.24, 2.45) is 0 Å². The summed E-state index contributed by atoms with van der Waals surface area (Å²) in [5, 5.41) is -0.451. The van der Waals surface area contributed by atoms with Crippen LogP contribution in [0.2, 0.25) is 0 Å². The van der Waals surface area contributed by atoms with Gasteiger partial charge >= 0.3 is 0 Å². The predicted octanol–water partition coefficient (Wildman–Crippen LogP) is 21.8. The lowest BCUT2D eigenvalue weighted by molar-refractivity contribution is 0.592. The van der Waals surface area contributed by atoms with E-state index in [0.29, 0.717) is 22.3 Å². The van der Waals surface area contributed by atoms with Crippen LogP contribution in [-0.4, -0.2) is 11.3 Å². The van der Waals surface area contributed by atoms with E-state index < -0.39 is 267 Å². The summed E-state index contributed by atoms with van der Waals surface area (Å²) in [4.78, 5) is 2.92. The molecule has 15 aromatic rings. The van der Waals surface area contributed by atoms with Gasteiger partial charge in [0.25, 0.3) is 6.71 Å². The zero-order valence-electron chi connectivity index (χ0n) is 82.1. The molecule has 434 valence electrons. The van der Waals surface area contributed by atoms with Gasteiger partial charge in [-0.2, -0.15) is 0 Å². The normalized spacial score (nSPS) is 17.5. The Morgan fingerprint density at radius 2 is 0.761 bits per heavy atom. The van der Waals surface area contributed by atoms with Gasteiger partial charge < -0.3 is 14.4 Å². The van der Waals surface area contributed by atoms with Gasteiger partial charge in [-0.15, -0.1) is 0 Å². The van der Waals surface area contributed by atoms with E-state index in [9.17, 15) is 34.3 Å². The first kappa shape index (κ1) is 30.4. The lowest BCUT2D eigenvalue weighted by atomic mass is 9.33. The molecule has 4 heteroatoms. The number of rotatable bonds is 10. The second kappa shape index (κ2) is 22.2. The predicted molar refractivity (Wildman–Crippen MR) is 392 cm³/mol. The summed E-state index contributed by atoms with van der Waals surface area (Å²) in [6.45, 7) is 4.46. The highest BCUT2D eigenvalue weighted by atomic mass is 15.2. The van der Waals surface area contributed by atoms with Gasteiger partial charge in [-0.3, -0.25) is 0 Å². The van der Waals surface area contributed by atoms with E-state index in [2.05, 4.69) is 0 Å². The highest BCUT2D eigenvalue weighted by Crippen LogP contribution is 2.55. The van der Waals surface area contributed by atoms with Gasteiger partial charge in [0.15, 0.2) is 0 Å². The number of hydrogen-bond donors (Lipinski definition) is 0. The summed E-state index contributed by atoms with van der Waals surface area (Å²) in [6, 6.07) is 8.86. The Morgan fingerprint density at radius 3 is 1.32 bits per heavy atom. The molecule has 3 heterocycles. The van der Waals surface area contributed by atoms with Crippen molar-refractivity contribution in [3.8, 4) is 83.6 Å². The van der Waals surface area contributed by atoms with Gasteiger partial charge in [0.05, 0.1) is 67.6 Å². The summed E-state index contributed by atoms with van der Waals surface area (Å²) in [6.07, 6.45) is 0. The standard InChI is InChI=1S/C88H64BN3/c1-88(2,3)76-58-82-78(57-75(76)64-39-20-9-21-40-64)89-77-52-51-66(65-41-26-42-68(53-65)90-79-49-24-22-43-73(79)74-44-23-25-50-80(74)90)54-81(77)91(86-69(60-31-12-5-13-32-60)45-27-46-70(86)61-33-14-6-15-34-61)83-55-67(59-29-10-4-11-30-59)56-84(85(83)89)92(82)87-71(62-35-16-7-17-36-62)47-28-48-72(87)63-37-18-8-19-38-63/h4-58H,1-3H3/i5D,6D,7D,8D,12D,13D,14D,15D,16D,17D,18D,19D,22D,23D,24D,25D,27D,28D,31D,32D,33D,35D,36D,37D,38D,43D,44D,45D,46D,47D,48D,49D,50D. The molecule has 14 aromatic carbocycles. The fourth-order valence-corrected chi connectivity index (χ4v) is 13.0. The van der Waals surface area contributed by atoms with Gasteiger partial charge in [-0.25, -0.2) is 0 Å². The van der Waals surface area contributed by atoms with Gasteiger partial charge in [0.1, 0.15) is 0 Å². The molecule has 0 atom stereocenters. The minimum Gasteiger partial charge on any atom is -0.310 e. The highest BCUT2D eigenvalue weighted by Gasteiger charge is 2.46. The van der Waals surface area contributed by atoms with Crippen LogP contribution in [0, 0.1) is 0 Å². The molecule has 0 saturated carbocycles. The Labute approximate surface area is 585 Å². The Bertz CT molecular complexity index is 7130. The second-order valence-electron chi connectivity index (χ2n) is 23.1. The average Bonchev–Trinajstić information content (AvgIpc) is 1.26. The van der Waals surface area contributed by atoms with Crippen LogP contribution in [0.1, 0.15) is 71.6 Å². The van der Waals surface area contributed by atoms with Crippen LogP contribution in [0.4, 0.5) is 34.1 Å². The Morgan fingerprint density at radius 1 is 0.304 bits per heavy atom. The maximum Gasteiger partial charge on any atom is 0.252 e. The summed E-state index contributed by atoms with van der Waals surface area (Å²) in [7, 11) is 0. The molecule has 0 amide bonds. The Balaban J connectivity index is 1.14. The zero-order valence-corrected chi connectivity index (χ0v) is 49.1. The second-order valence-corrected chi connectivity index (χ2v) is 23.1. The van der Waals surface area contributed by atoms with Crippen LogP contribution < -0.4 is 26.2 Å². The molecule has 0 bridgehead atoms. The maximum atomic E-state index is 10.4. The van der Waals surface area contributed by atoms with Crippen molar-refractivity contribution in [1.82, 2.24) is 4.57 Å². The first-order valence-corrected chi connectivity index (χ1v) is 29.4. The third-order valence-electron chi connectivity index (χ3n) is 16.9. The number of nitrogens with zero attached hydrogens (tertiary/aromatic N) is 3. The van der Waals surface area contributed by atoms with E-state index in [1.165, 1.54) is 14.4 Å². The van der Waals surface area contributed by atoms with Crippen LogP contribution in [-0.2, 0) is 5.41 Å². The van der Waals surface area contributed by atoms with Crippen molar-refractivity contribution in [3.05, 3.63) is 338 Å². The third kappa shape index (κ3) is 9.12. The molecule has 0 aliphatic carbocycles. The minimum absolute atomic E-state index is 0.00506. The number of para-hydroxylation sites is 4. The molecular formula is C88H64BN3. The Kier molecular flexibility index (Phi) is 7.34. The maximum absolute atomic E-state index is 10.4. The average molecular weight is 1210 g/mol. The number of aromatic nitrogens is 1. The molecule has 0 saturated heterocycles. The summed E-state index contributed by atoms with van der Waals surface area (Å²) in [5.74, 6) is 0. The van der Waals surface area contributed by atoms with Gasteiger partial charge in [-0.05, 0) is 131 Å². The van der Waals surface area contributed by atoms with Crippen molar-refractivity contribution >= 4 is 79.0 Å². The van der Waals surface area contributed by atoms with E-state index in [4.69, 9.17) is 11.0 Å². The molecule has 2 aliphatic heterocycles. The lowest BCUT2D eigenvalue weighted by Gasteiger charge is -2.46. The Hall–Kier alpha value is -11.5. The molecular weight excluding hydrogens is 1110 g/mol. The molecule has 17 rings (SSSR count).